The molecule has 1 atom stereocenters. The lowest BCUT2D eigenvalue weighted by atomic mass is 9.81. The largest absolute Gasteiger partial charge is 0.493 e. The van der Waals surface area contributed by atoms with E-state index in [0.29, 0.717) is 29.2 Å². The molecule has 0 fully saturated rings. The number of aromatic nitrogens is 1. The molecule has 0 amide bonds. The summed E-state index contributed by atoms with van der Waals surface area (Å²) in [5, 5.41) is 0. The van der Waals surface area contributed by atoms with Crippen molar-refractivity contribution in [1.82, 2.24) is 4.98 Å². The number of carbonyl (C=O) groups is 2. The molecule has 1 N–H and O–H groups in total. The van der Waals surface area contributed by atoms with Crippen molar-refractivity contribution in [2.45, 2.75) is 18.8 Å². The Bertz CT molecular complexity index is 930. The molecule has 0 spiro atoms. The fourth-order valence-electron chi connectivity index (χ4n) is 3.23. The Labute approximate surface area is 149 Å². The van der Waals surface area contributed by atoms with Crippen molar-refractivity contribution in [3.05, 3.63) is 57.0 Å². The Hall–Kier alpha value is -3.09. The topological polar surface area (TPSA) is 94.7 Å². The van der Waals surface area contributed by atoms with E-state index >= 15 is 0 Å². The number of benzene rings is 1. The maximum atomic E-state index is 12.6. The quantitative estimate of drug-likeness (QED) is 0.842. The summed E-state index contributed by atoms with van der Waals surface area (Å²) >= 11 is 0. The number of nitrogens with one attached hydrogen (secondary N) is 1. The van der Waals surface area contributed by atoms with Gasteiger partial charge >= 0.3 is 5.97 Å². The number of Topliss-reactive ketones (excluding diaryl/α,β-unsaturated/α-hetero) is 1. The summed E-state index contributed by atoms with van der Waals surface area (Å²) in [6.45, 7) is 0. The van der Waals surface area contributed by atoms with Gasteiger partial charge in [0.25, 0.3) is 5.56 Å². The van der Waals surface area contributed by atoms with Gasteiger partial charge in [-0.3, -0.25) is 9.59 Å². The van der Waals surface area contributed by atoms with Gasteiger partial charge in [-0.1, -0.05) is 6.07 Å². The molecule has 0 aliphatic heterocycles. The highest BCUT2D eigenvalue weighted by Crippen LogP contribution is 2.36. The van der Waals surface area contributed by atoms with Crippen LogP contribution in [0.2, 0.25) is 0 Å². The summed E-state index contributed by atoms with van der Waals surface area (Å²) in [5.41, 5.74) is 1.08. The van der Waals surface area contributed by atoms with Gasteiger partial charge in [-0.25, -0.2) is 4.79 Å². The summed E-state index contributed by atoms with van der Waals surface area (Å²) in [7, 11) is 4.30. The average Bonchev–Trinajstić information content (AvgIpc) is 2.66. The van der Waals surface area contributed by atoms with Gasteiger partial charge in [0.15, 0.2) is 17.3 Å². The predicted molar refractivity (Wildman–Crippen MR) is 93.3 cm³/mol. The monoisotopic (exact) mass is 357 g/mol. The van der Waals surface area contributed by atoms with Gasteiger partial charge in [-0.2, -0.15) is 0 Å². The van der Waals surface area contributed by atoms with Gasteiger partial charge in [0, 0.05) is 17.7 Å². The number of rotatable bonds is 4. The number of hydrogen-bond donors (Lipinski definition) is 1. The van der Waals surface area contributed by atoms with Crippen LogP contribution < -0.4 is 15.0 Å². The number of aromatic amines is 1. The molecule has 136 valence electrons. The van der Waals surface area contributed by atoms with Crippen molar-refractivity contribution in [3.63, 3.8) is 0 Å². The lowest BCUT2D eigenvalue weighted by Gasteiger charge is -2.24. The van der Waals surface area contributed by atoms with E-state index < -0.39 is 11.5 Å². The lowest BCUT2D eigenvalue weighted by Crippen LogP contribution is -2.27. The second kappa shape index (κ2) is 7.03. The third-order valence-corrected chi connectivity index (χ3v) is 4.59. The number of fused-ring (bicyclic) bond motifs is 1. The van der Waals surface area contributed by atoms with E-state index in [1.165, 1.54) is 13.2 Å². The van der Waals surface area contributed by atoms with E-state index in [4.69, 9.17) is 9.47 Å². The van der Waals surface area contributed by atoms with Crippen molar-refractivity contribution in [2.24, 2.45) is 0 Å². The highest BCUT2D eigenvalue weighted by atomic mass is 16.5. The van der Waals surface area contributed by atoms with E-state index in [0.717, 1.165) is 5.56 Å². The molecule has 26 heavy (non-hydrogen) atoms. The van der Waals surface area contributed by atoms with Gasteiger partial charge in [-0.05, 0) is 36.1 Å². The maximum Gasteiger partial charge on any atom is 0.343 e. The minimum absolute atomic E-state index is 0.102. The molecule has 1 aliphatic carbocycles. The molecule has 7 nitrogen and oxygen atoms in total. The number of ketones is 1. The second-order valence-electron chi connectivity index (χ2n) is 6.04. The van der Waals surface area contributed by atoms with Crippen molar-refractivity contribution in [2.75, 3.05) is 21.3 Å². The molecule has 3 rings (SSSR count). The van der Waals surface area contributed by atoms with Crippen molar-refractivity contribution in [3.8, 4) is 11.5 Å². The first-order valence-corrected chi connectivity index (χ1v) is 8.08. The molecule has 0 unspecified atom stereocenters. The molecule has 0 radical (unpaired) electrons. The fraction of sp³-hybridized carbons (Fsp3) is 0.316. The molecule has 1 aliphatic rings. The molecule has 1 aromatic carbocycles. The van der Waals surface area contributed by atoms with E-state index in [-0.39, 0.29) is 23.7 Å². The van der Waals surface area contributed by atoms with Crippen LogP contribution in [0.25, 0.3) is 0 Å². The van der Waals surface area contributed by atoms with Crippen LogP contribution in [0.1, 0.15) is 44.3 Å². The Morgan fingerprint density at radius 3 is 2.42 bits per heavy atom. The number of ether oxygens (including phenoxy) is 3. The normalized spacial score (nSPS) is 16.0. The number of carbonyl (C=O) groups excluding carboxylic acids is 2. The zero-order valence-corrected chi connectivity index (χ0v) is 14.8. The van der Waals surface area contributed by atoms with Crippen LogP contribution in [0, 0.1) is 0 Å². The van der Waals surface area contributed by atoms with Crippen LogP contribution in [0.15, 0.2) is 29.1 Å². The third-order valence-electron chi connectivity index (χ3n) is 4.59. The minimum Gasteiger partial charge on any atom is -0.493 e. The Balaban J connectivity index is 1.98. The number of hydrogen-bond acceptors (Lipinski definition) is 6. The molecular weight excluding hydrogens is 338 g/mol. The van der Waals surface area contributed by atoms with Crippen LogP contribution in [-0.4, -0.2) is 38.1 Å². The molecule has 0 saturated carbocycles. The summed E-state index contributed by atoms with van der Waals surface area (Å²) in [5.74, 6) is 0.193. The first kappa shape index (κ1) is 17.7. The number of methoxy groups -OCH3 is 3. The average molecular weight is 357 g/mol. The van der Waals surface area contributed by atoms with Gasteiger partial charge < -0.3 is 19.2 Å². The summed E-state index contributed by atoms with van der Waals surface area (Å²) in [6, 6.07) is 6.83. The molecule has 0 saturated heterocycles. The molecule has 7 heteroatoms. The first-order valence-electron chi connectivity index (χ1n) is 8.08. The Morgan fingerprint density at radius 2 is 1.77 bits per heavy atom. The zero-order chi connectivity index (χ0) is 18.8. The van der Waals surface area contributed by atoms with Crippen LogP contribution >= 0.6 is 0 Å². The van der Waals surface area contributed by atoms with E-state index in [2.05, 4.69) is 9.72 Å². The van der Waals surface area contributed by atoms with Gasteiger partial charge in [0.05, 0.1) is 21.3 Å². The highest BCUT2D eigenvalue weighted by molar-refractivity contribution is 6.01. The van der Waals surface area contributed by atoms with Gasteiger partial charge in [-0.15, -0.1) is 0 Å². The van der Waals surface area contributed by atoms with Crippen molar-refractivity contribution < 1.29 is 23.8 Å². The molecule has 1 aromatic heterocycles. The molecular formula is C19H19NO6. The van der Waals surface area contributed by atoms with E-state index in [9.17, 15) is 14.4 Å². The smallest absolute Gasteiger partial charge is 0.343 e. The number of H-pyrrole nitrogens is 1. The lowest BCUT2D eigenvalue weighted by molar-refractivity contribution is 0.0598. The summed E-state index contributed by atoms with van der Waals surface area (Å²) in [6.07, 6.45) is 0.752. The van der Waals surface area contributed by atoms with E-state index in [1.54, 1.807) is 20.3 Å². The fourth-order valence-corrected chi connectivity index (χ4v) is 3.23. The van der Waals surface area contributed by atoms with E-state index in [1.807, 2.05) is 12.1 Å². The SMILES string of the molecule is COC(=O)c1cc2c([nH]c1=O)C[C@H](c1ccc(OC)c(OC)c1)CC2=O. The maximum absolute atomic E-state index is 12.6. The number of pyridine rings is 1. The minimum atomic E-state index is -0.760. The van der Waals surface area contributed by atoms with Crippen molar-refractivity contribution in [1.29, 1.82) is 0 Å². The van der Waals surface area contributed by atoms with Crippen LogP contribution in [0.4, 0.5) is 0 Å². The van der Waals surface area contributed by atoms with Gasteiger partial charge in [0.1, 0.15) is 5.56 Å². The highest BCUT2D eigenvalue weighted by Gasteiger charge is 2.29. The standard InChI is InChI=1S/C19H19NO6/c1-24-16-5-4-10(8-17(16)25-2)11-6-14-12(15(21)7-11)9-13(18(22)20-14)19(23)26-3/h4-5,8-9,11H,6-7H2,1-3H3,(H,20,22)/t11-/m0/s1. The molecule has 0 bridgehead atoms. The molecule has 2 aromatic rings. The van der Waals surface area contributed by atoms with Crippen LogP contribution in [0.5, 0.6) is 11.5 Å². The Kier molecular flexibility index (Phi) is 4.79. The van der Waals surface area contributed by atoms with Gasteiger partial charge in [0.2, 0.25) is 0 Å². The van der Waals surface area contributed by atoms with Crippen molar-refractivity contribution >= 4 is 11.8 Å². The number of esters is 1. The first-order chi connectivity index (χ1) is 12.5. The third kappa shape index (κ3) is 3.08. The van der Waals surface area contributed by atoms with Crippen LogP contribution in [-0.2, 0) is 11.2 Å². The summed E-state index contributed by atoms with van der Waals surface area (Å²) < 4.78 is 15.1. The Morgan fingerprint density at radius 1 is 1.04 bits per heavy atom. The second-order valence-corrected chi connectivity index (χ2v) is 6.04. The predicted octanol–water partition coefficient (Wildman–Crippen LogP) is 2.09. The zero-order valence-electron chi connectivity index (χ0n) is 14.8. The molecule has 1 heterocycles. The summed E-state index contributed by atoms with van der Waals surface area (Å²) in [4.78, 5) is 39.0. The van der Waals surface area contributed by atoms with Crippen LogP contribution in [0.3, 0.4) is 0 Å².